The van der Waals surface area contributed by atoms with Crippen LogP contribution in [-0.4, -0.2) is 58.2 Å². The first-order valence-electron chi connectivity index (χ1n) is 14.1. The van der Waals surface area contributed by atoms with Crippen molar-refractivity contribution in [3.05, 3.63) is 81.2 Å². The van der Waals surface area contributed by atoms with Crippen LogP contribution >= 0.6 is 34.5 Å². The molecule has 0 radical (unpaired) electrons. The lowest BCUT2D eigenvalue weighted by Gasteiger charge is -2.27. The van der Waals surface area contributed by atoms with Crippen molar-refractivity contribution < 1.29 is 19.1 Å². The SMILES string of the molecule is CC(C)(NC(=O)c1cc2c(NC(=O)c3ccc(CN4CCCCC4)cc3)nn(C(=O)OCCCl)c2s1)c1ccccc1Cl. The summed E-state index contributed by atoms with van der Waals surface area (Å²) in [5.41, 5.74) is 1.57. The molecule has 0 unspecified atom stereocenters. The monoisotopic (exact) mass is 641 g/mol. The number of hydrogen-bond donors (Lipinski definition) is 2. The van der Waals surface area contributed by atoms with E-state index in [1.54, 1.807) is 24.3 Å². The van der Waals surface area contributed by atoms with E-state index < -0.39 is 11.6 Å². The van der Waals surface area contributed by atoms with Crippen molar-refractivity contribution in [3.8, 4) is 0 Å². The van der Waals surface area contributed by atoms with E-state index >= 15 is 0 Å². The number of benzene rings is 2. The molecular weight excluding hydrogens is 609 g/mol. The molecule has 43 heavy (non-hydrogen) atoms. The molecule has 0 aliphatic carbocycles. The number of anilines is 1. The fraction of sp³-hybridized carbons (Fsp3) is 0.355. The Balaban J connectivity index is 1.38. The van der Waals surface area contributed by atoms with Crippen LogP contribution in [0.25, 0.3) is 10.2 Å². The van der Waals surface area contributed by atoms with Gasteiger partial charge in [0.15, 0.2) is 5.82 Å². The highest BCUT2D eigenvalue weighted by molar-refractivity contribution is 7.20. The summed E-state index contributed by atoms with van der Waals surface area (Å²) in [4.78, 5) is 42.5. The highest BCUT2D eigenvalue weighted by Gasteiger charge is 2.28. The summed E-state index contributed by atoms with van der Waals surface area (Å²) < 4.78 is 6.23. The van der Waals surface area contributed by atoms with Crippen LogP contribution in [0.2, 0.25) is 5.02 Å². The van der Waals surface area contributed by atoms with Crippen LogP contribution in [0.4, 0.5) is 10.6 Å². The maximum Gasteiger partial charge on any atom is 0.436 e. The second-order valence-corrected chi connectivity index (χ2v) is 12.8. The molecule has 1 aliphatic rings. The van der Waals surface area contributed by atoms with Gasteiger partial charge in [0.05, 0.1) is 21.7 Å². The highest BCUT2D eigenvalue weighted by atomic mass is 35.5. The number of nitrogens with zero attached hydrogens (tertiary/aromatic N) is 3. The molecule has 0 bridgehead atoms. The van der Waals surface area contributed by atoms with E-state index in [-0.39, 0.29) is 30.1 Å². The number of fused-ring (bicyclic) bond motifs is 1. The van der Waals surface area contributed by atoms with E-state index in [4.69, 9.17) is 27.9 Å². The molecule has 2 aromatic heterocycles. The average Bonchev–Trinajstić information content (AvgIpc) is 3.57. The molecule has 2 amide bonds. The molecule has 2 aromatic carbocycles. The summed E-state index contributed by atoms with van der Waals surface area (Å²) in [6, 6.07) is 16.4. The summed E-state index contributed by atoms with van der Waals surface area (Å²) in [7, 11) is 0. The third kappa shape index (κ3) is 7.21. The number of alkyl halides is 1. The Morgan fingerprint density at radius 3 is 2.44 bits per heavy atom. The second-order valence-electron chi connectivity index (χ2n) is 10.9. The Morgan fingerprint density at radius 1 is 1.02 bits per heavy atom. The third-order valence-corrected chi connectivity index (χ3v) is 8.93. The van der Waals surface area contributed by atoms with Crippen molar-refractivity contribution in [1.29, 1.82) is 0 Å². The molecule has 9 nitrogen and oxygen atoms in total. The predicted molar refractivity (Wildman–Crippen MR) is 171 cm³/mol. The Morgan fingerprint density at radius 2 is 1.74 bits per heavy atom. The molecule has 1 aliphatic heterocycles. The number of ether oxygens (including phenoxy) is 1. The van der Waals surface area contributed by atoms with Crippen molar-refractivity contribution in [2.75, 3.05) is 30.9 Å². The van der Waals surface area contributed by atoms with Crippen molar-refractivity contribution in [2.24, 2.45) is 0 Å². The summed E-state index contributed by atoms with van der Waals surface area (Å²) in [5.74, 6) is -0.501. The third-order valence-electron chi connectivity index (χ3n) is 7.34. The van der Waals surface area contributed by atoms with E-state index in [0.29, 0.717) is 25.7 Å². The van der Waals surface area contributed by atoms with E-state index in [1.165, 1.54) is 19.3 Å². The number of carbonyl (C=O) groups excluding carboxylic acids is 3. The first kappa shape index (κ1) is 31.0. The maximum absolute atomic E-state index is 13.4. The second kappa shape index (κ2) is 13.5. The van der Waals surface area contributed by atoms with Gasteiger partial charge < -0.3 is 15.4 Å². The standard InChI is InChI=1S/C31H33Cl2N5O4S/c1-31(2,23-8-4-5-9-24(23)33)35-28(40)25-18-22-26(36-38(29(22)43-25)30(41)42-17-14-32)34-27(39)21-12-10-20(11-13-21)19-37-15-6-3-7-16-37/h4-5,8-13,18H,3,6-7,14-17,19H2,1-2H3,(H,35,40)(H,34,36,39). The number of halogens is 2. The Hall–Kier alpha value is -3.44. The van der Waals surface area contributed by atoms with Crippen molar-refractivity contribution in [1.82, 2.24) is 20.0 Å². The fourth-order valence-corrected chi connectivity index (χ4v) is 6.57. The molecule has 4 aromatic rings. The summed E-state index contributed by atoms with van der Waals surface area (Å²) in [6.45, 7) is 6.73. The number of hydrogen-bond acceptors (Lipinski definition) is 7. The van der Waals surface area contributed by atoms with Crippen molar-refractivity contribution in [3.63, 3.8) is 0 Å². The van der Waals surface area contributed by atoms with E-state index in [1.807, 2.05) is 44.2 Å². The lowest BCUT2D eigenvalue weighted by atomic mass is 9.94. The van der Waals surface area contributed by atoms with Gasteiger partial charge in [-0.25, -0.2) is 4.79 Å². The molecule has 0 saturated carbocycles. The molecule has 226 valence electrons. The number of thiophene rings is 1. The zero-order chi connectivity index (χ0) is 30.6. The van der Waals surface area contributed by atoms with Gasteiger partial charge in [0, 0.05) is 17.1 Å². The van der Waals surface area contributed by atoms with Crippen LogP contribution in [0, 0.1) is 0 Å². The average molecular weight is 643 g/mol. The predicted octanol–water partition coefficient (Wildman–Crippen LogP) is 6.88. The van der Waals surface area contributed by atoms with Gasteiger partial charge in [-0.1, -0.05) is 48.4 Å². The van der Waals surface area contributed by atoms with Gasteiger partial charge in [-0.15, -0.1) is 28.0 Å². The summed E-state index contributed by atoms with van der Waals surface area (Å²) in [5, 5.41) is 11.1. The number of aromatic nitrogens is 2. The van der Waals surface area contributed by atoms with Crippen molar-refractivity contribution >= 4 is 68.5 Å². The maximum atomic E-state index is 13.4. The zero-order valence-corrected chi connectivity index (χ0v) is 26.3. The molecule has 1 fully saturated rings. The normalized spacial score (nSPS) is 14.0. The first-order valence-corrected chi connectivity index (χ1v) is 15.8. The van der Waals surface area contributed by atoms with Gasteiger partial charge in [0.25, 0.3) is 11.8 Å². The minimum atomic E-state index is -0.784. The Kier molecular flexibility index (Phi) is 9.71. The topological polar surface area (TPSA) is 106 Å². The summed E-state index contributed by atoms with van der Waals surface area (Å²) >= 11 is 13.2. The Labute approximate surface area is 264 Å². The van der Waals surface area contributed by atoms with Crippen LogP contribution in [-0.2, 0) is 16.8 Å². The molecular formula is C31H33Cl2N5O4S. The van der Waals surface area contributed by atoms with Gasteiger partial charge in [-0.3, -0.25) is 14.5 Å². The number of amides is 2. The van der Waals surface area contributed by atoms with Crippen LogP contribution < -0.4 is 10.6 Å². The number of carbonyl (C=O) groups is 3. The number of nitrogens with one attached hydrogen (secondary N) is 2. The van der Waals surface area contributed by atoms with Crippen LogP contribution in [0.15, 0.2) is 54.6 Å². The van der Waals surface area contributed by atoms with Gasteiger partial charge in [-0.05, 0) is 75.2 Å². The molecule has 3 heterocycles. The molecule has 2 N–H and O–H groups in total. The Bertz CT molecular complexity index is 1630. The van der Waals surface area contributed by atoms with Crippen molar-refractivity contribution in [2.45, 2.75) is 45.2 Å². The number of rotatable bonds is 9. The molecule has 0 atom stereocenters. The van der Waals surface area contributed by atoms with Gasteiger partial charge in [0.2, 0.25) is 0 Å². The van der Waals surface area contributed by atoms with Gasteiger partial charge in [-0.2, -0.15) is 4.68 Å². The van der Waals surface area contributed by atoms with E-state index in [0.717, 1.165) is 46.8 Å². The van der Waals surface area contributed by atoms with Crippen LogP contribution in [0.3, 0.4) is 0 Å². The zero-order valence-electron chi connectivity index (χ0n) is 24.0. The quantitative estimate of drug-likeness (QED) is 0.193. The molecule has 5 rings (SSSR count). The van der Waals surface area contributed by atoms with Crippen LogP contribution in [0.1, 0.15) is 64.3 Å². The minimum absolute atomic E-state index is 0.0159. The first-order chi connectivity index (χ1) is 20.7. The van der Waals surface area contributed by atoms with Crippen LogP contribution in [0.5, 0.6) is 0 Å². The summed E-state index contributed by atoms with van der Waals surface area (Å²) in [6.07, 6.45) is 2.94. The largest absolute Gasteiger partial charge is 0.447 e. The van der Waals surface area contributed by atoms with E-state index in [9.17, 15) is 14.4 Å². The molecule has 1 saturated heterocycles. The van der Waals surface area contributed by atoms with Gasteiger partial charge >= 0.3 is 6.09 Å². The lowest BCUT2D eigenvalue weighted by molar-refractivity contribution is 0.0915. The van der Waals surface area contributed by atoms with E-state index in [2.05, 4.69) is 20.6 Å². The molecule has 0 spiro atoms. The smallest absolute Gasteiger partial charge is 0.436 e. The minimum Gasteiger partial charge on any atom is -0.447 e. The molecule has 12 heteroatoms. The fourth-order valence-electron chi connectivity index (χ4n) is 5.12. The van der Waals surface area contributed by atoms with Gasteiger partial charge in [0.1, 0.15) is 11.4 Å². The highest BCUT2D eigenvalue weighted by Crippen LogP contribution is 2.34. The number of likely N-dealkylation sites (tertiary alicyclic amines) is 1. The number of piperidine rings is 1. The lowest BCUT2D eigenvalue weighted by Crippen LogP contribution is -2.40.